The molecule has 0 bridgehead atoms. The van der Waals surface area contributed by atoms with E-state index in [0.29, 0.717) is 16.4 Å². The van der Waals surface area contributed by atoms with Crippen LogP contribution in [0.5, 0.6) is 0 Å². The third-order valence-electron chi connectivity index (χ3n) is 4.81. The van der Waals surface area contributed by atoms with Crippen molar-refractivity contribution in [1.82, 2.24) is 5.32 Å². The standard InChI is InChI=1S/C17H25BrFN/c1-3-12-6-4-7-13(10-12)16(20-2)11-14-8-5-9-15(19)17(14)18/h5,8-9,12-13,16,20H,3-4,6-7,10-11H2,1-2H3. The predicted molar refractivity (Wildman–Crippen MR) is 86.4 cm³/mol. The Bertz CT molecular complexity index is 435. The van der Waals surface area contributed by atoms with E-state index in [1.807, 2.05) is 13.1 Å². The maximum absolute atomic E-state index is 13.6. The summed E-state index contributed by atoms with van der Waals surface area (Å²) in [5.41, 5.74) is 1.07. The van der Waals surface area contributed by atoms with E-state index in [2.05, 4.69) is 28.2 Å². The Labute approximate surface area is 130 Å². The summed E-state index contributed by atoms with van der Waals surface area (Å²) >= 11 is 3.38. The van der Waals surface area contributed by atoms with Gasteiger partial charge in [0.1, 0.15) is 5.82 Å². The maximum Gasteiger partial charge on any atom is 0.137 e. The molecule has 112 valence electrons. The Morgan fingerprint density at radius 3 is 2.90 bits per heavy atom. The van der Waals surface area contributed by atoms with Crippen molar-refractivity contribution in [2.24, 2.45) is 11.8 Å². The van der Waals surface area contributed by atoms with Crippen molar-refractivity contribution < 1.29 is 4.39 Å². The molecule has 0 heterocycles. The van der Waals surface area contributed by atoms with Crippen molar-refractivity contribution >= 4 is 15.9 Å². The molecule has 2 rings (SSSR count). The van der Waals surface area contributed by atoms with Crippen molar-refractivity contribution in [2.75, 3.05) is 7.05 Å². The Morgan fingerprint density at radius 1 is 1.40 bits per heavy atom. The van der Waals surface area contributed by atoms with Crippen LogP contribution in [-0.2, 0) is 6.42 Å². The Morgan fingerprint density at radius 2 is 2.20 bits per heavy atom. The number of rotatable bonds is 5. The lowest BCUT2D eigenvalue weighted by atomic mass is 9.75. The highest BCUT2D eigenvalue weighted by molar-refractivity contribution is 9.10. The molecular formula is C17H25BrFN. The average molecular weight is 342 g/mol. The molecule has 1 aliphatic carbocycles. The summed E-state index contributed by atoms with van der Waals surface area (Å²) in [6, 6.07) is 5.79. The highest BCUT2D eigenvalue weighted by Gasteiger charge is 2.27. The molecule has 0 aliphatic heterocycles. The smallest absolute Gasteiger partial charge is 0.137 e. The first-order valence-electron chi connectivity index (χ1n) is 7.75. The second-order valence-corrected chi connectivity index (χ2v) is 6.81. The third-order valence-corrected chi connectivity index (χ3v) is 5.70. The van der Waals surface area contributed by atoms with Gasteiger partial charge >= 0.3 is 0 Å². The topological polar surface area (TPSA) is 12.0 Å². The molecule has 0 radical (unpaired) electrons. The van der Waals surface area contributed by atoms with E-state index in [9.17, 15) is 4.39 Å². The normalized spacial score (nSPS) is 24.6. The molecule has 1 N–H and O–H groups in total. The predicted octanol–water partition coefficient (Wildman–Crippen LogP) is 4.94. The molecule has 1 fully saturated rings. The number of likely N-dealkylation sites (N-methyl/N-ethyl adjacent to an activating group) is 1. The Balaban J connectivity index is 2.06. The van der Waals surface area contributed by atoms with Crippen molar-refractivity contribution in [2.45, 2.75) is 51.5 Å². The first-order valence-corrected chi connectivity index (χ1v) is 8.55. The summed E-state index contributed by atoms with van der Waals surface area (Å²) in [6.45, 7) is 2.30. The van der Waals surface area contributed by atoms with Crippen LogP contribution in [0, 0.1) is 17.7 Å². The summed E-state index contributed by atoms with van der Waals surface area (Å²) in [5, 5.41) is 3.47. The highest BCUT2D eigenvalue weighted by atomic mass is 79.9. The van der Waals surface area contributed by atoms with Gasteiger partial charge in [-0.2, -0.15) is 0 Å². The van der Waals surface area contributed by atoms with Crippen LogP contribution in [0.25, 0.3) is 0 Å². The van der Waals surface area contributed by atoms with E-state index in [0.717, 1.165) is 17.9 Å². The van der Waals surface area contributed by atoms with E-state index in [-0.39, 0.29) is 5.82 Å². The molecular weight excluding hydrogens is 317 g/mol. The van der Waals surface area contributed by atoms with Crippen molar-refractivity contribution in [3.05, 3.63) is 34.1 Å². The number of hydrogen-bond donors (Lipinski definition) is 1. The number of nitrogens with one attached hydrogen (secondary N) is 1. The minimum Gasteiger partial charge on any atom is -0.316 e. The number of halogens is 2. The van der Waals surface area contributed by atoms with Gasteiger partial charge in [0, 0.05) is 6.04 Å². The average Bonchev–Trinajstić information content (AvgIpc) is 2.49. The zero-order valence-corrected chi connectivity index (χ0v) is 14.0. The van der Waals surface area contributed by atoms with E-state index in [1.54, 1.807) is 6.07 Å². The molecule has 0 spiro atoms. The zero-order valence-electron chi connectivity index (χ0n) is 12.5. The molecule has 3 unspecified atom stereocenters. The van der Waals surface area contributed by atoms with Crippen molar-refractivity contribution in [3.8, 4) is 0 Å². The van der Waals surface area contributed by atoms with Gasteiger partial charge in [-0.3, -0.25) is 0 Å². The van der Waals surface area contributed by atoms with Gasteiger partial charge in [-0.25, -0.2) is 4.39 Å². The molecule has 1 nitrogen and oxygen atoms in total. The van der Waals surface area contributed by atoms with Gasteiger partial charge in [-0.15, -0.1) is 0 Å². The molecule has 1 aliphatic rings. The fourth-order valence-corrected chi connectivity index (χ4v) is 3.94. The summed E-state index contributed by atoms with van der Waals surface area (Å²) in [4.78, 5) is 0. The minimum absolute atomic E-state index is 0.160. The molecule has 1 aromatic rings. The molecule has 0 aromatic heterocycles. The maximum atomic E-state index is 13.6. The van der Waals surface area contributed by atoms with Gasteiger partial charge in [0.2, 0.25) is 0 Å². The summed E-state index contributed by atoms with van der Waals surface area (Å²) < 4.78 is 14.3. The van der Waals surface area contributed by atoms with Gasteiger partial charge in [-0.05, 0) is 65.7 Å². The van der Waals surface area contributed by atoms with Crippen LogP contribution in [0.4, 0.5) is 4.39 Å². The molecule has 20 heavy (non-hydrogen) atoms. The molecule has 3 atom stereocenters. The molecule has 0 amide bonds. The van der Waals surface area contributed by atoms with Gasteiger partial charge in [0.25, 0.3) is 0 Å². The van der Waals surface area contributed by atoms with Crippen LogP contribution in [0.1, 0.15) is 44.6 Å². The zero-order chi connectivity index (χ0) is 14.5. The Kier molecular flexibility index (Phi) is 6.03. The highest BCUT2D eigenvalue weighted by Crippen LogP contribution is 2.34. The summed E-state index contributed by atoms with van der Waals surface area (Å²) in [7, 11) is 2.04. The third kappa shape index (κ3) is 3.82. The van der Waals surface area contributed by atoms with Crippen LogP contribution < -0.4 is 5.32 Å². The molecule has 3 heteroatoms. The largest absolute Gasteiger partial charge is 0.316 e. The van der Waals surface area contributed by atoms with Crippen LogP contribution in [0.3, 0.4) is 0 Å². The summed E-state index contributed by atoms with van der Waals surface area (Å²) in [5.74, 6) is 1.43. The second kappa shape index (κ2) is 7.56. The monoisotopic (exact) mass is 341 g/mol. The van der Waals surface area contributed by atoms with Crippen molar-refractivity contribution in [3.63, 3.8) is 0 Å². The van der Waals surface area contributed by atoms with Crippen molar-refractivity contribution in [1.29, 1.82) is 0 Å². The molecule has 1 aromatic carbocycles. The van der Waals surface area contributed by atoms with E-state index >= 15 is 0 Å². The quantitative estimate of drug-likeness (QED) is 0.800. The van der Waals surface area contributed by atoms with E-state index < -0.39 is 0 Å². The van der Waals surface area contributed by atoms with E-state index in [1.165, 1.54) is 38.2 Å². The molecule has 0 saturated heterocycles. The van der Waals surface area contributed by atoms with Gasteiger partial charge in [0.05, 0.1) is 4.47 Å². The van der Waals surface area contributed by atoms with Gasteiger partial charge in [0.15, 0.2) is 0 Å². The first kappa shape index (κ1) is 16.0. The van der Waals surface area contributed by atoms with Crippen LogP contribution in [0.15, 0.2) is 22.7 Å². The van der Waals surface area contributed by atoms with Gasteiger partial charge in [-0.1, -0.05) is 38.3 Å². The van der Waals surface area contributed by atoms with Crippen LogP contribution in [0.2, 0.25) is 0 Å². The lowest BCUT2D eigenvalue weighted by molar-refractivity contribution is 0.212. The lowest BCUT2D eigenvalue weighted by Crippen LogP contribution is -2.38. The summed E-state index contributed by atoms with van der Waals surface area (Å²) in [6.07, 6.45) is 7.52. The number of hydrogen-bond acceptors (Lipinski definition) is 1. The van der Waals surface area contributed by atoms with Gasteiger partial charge < -0.3 is 5.32 Å². The second-order valence-electron chi connectivity index (χ2n) is 6.01. The van der Waals surface area contributed by atoms with E-state index in [4.69, 9.17) is 0 Å². The fourth-order valence-electron chi connectivity index (χ4n) is 3.52. The lowest BCUT2D eigenvalue weighted by Gasteiger charge is -2.34. The molecule has 1 saturated carbocycles. The fraction of sp³-hybridized carbons (Fsp3) is 0.647. The SMILES string of the molecule is CCC1CCCC(C(Cc2cccc(F)c2Br)NC)C1. The number of benzene rings is 1. The first-order chi connectivity index (χ1) is 9.65. The van der Waals surface area contributed by atoms with Crippen LogP contribution >= 0.6 is 15.9 Å². The van der Waals surface area contributed by atoms with Crippen LogP contribution in [-0.4, -0.2) is 13.1 Å². The Hall–Kier alpha value is -0.410. The minimum atomic E-state index is -0.160.